The van der Waals surface area contributed by atoms with Gasteiger partial charge in [-0.15, -0.1) is 20.5 Å². The van der Waals surface area contributed by atoms with E-state index in [2.05, 4.69) is 29.9 Å². The zero-order valence-corrected chi connectivity index (χ0v) is 26.1. The third-order valence-corrected chi connectivity index (χ3v) is 5.05. The second-order valence-electron chi connectivity index (χ2n) is 8.33. The number of aryl methyl sites for hydroxylation is 2. The molecule has 4 aromatic rings. The first-order chi connectivity index (χ1) is 19.2. The van der Waals surface area contributed by atoms with E-state index in [1.807, 2.05) is 0 Å². The summed E-state index contributed by atoms with van der Waals surface area (Å²) >= 11 is 0. The van der Waals surface area contributed by atoms with E-state index >= 15 is 0 Å². The second-order valence-corrected chi connectivity index (χ2v) is 9.84. The summed E-state index contributed by atoms with van der Waals surface area (Å²) in [5.41, 5.74) is 23.0. The van der Waals surface area contributed by atoms with Gasteiger partial charge in [-0.25, -0.2) is 47.2 Å². The number of nitrogen functional groups attached to an aromatic ring is 2. The molecule has 1 aliphatic carbocycles. The van der Waals surface area contributed by atoms with E-state index in [-0.39, 0.29) is 56.2 Å². The molecule has 4 aromatic heterocycles. The van der Waals surface area contributed by atoms with E-state index in [1.54, 1.807) is 23.2 Å². The molecule has 0 bridgehead atoms. The van der Waals surface area contributed by atoms with Crippen molar-refractivity contribution in [3.63, 3.8) is 0 Å². The largest absolute Gasteiger partial charge is 2.00 e. The number of nitrogens with two attached hydrogens (primary N) is 4. The number of fused-ring (bicyclic) bond motifs is 2. The minimum atomic E-state index is -4.94. The van der Waals surface area contributed by atoms with Gasteiger partial charge in [0.05, 0.1) is 12.7 Å². The molecule has 0 aromatic carbocycles. The van der Waals surface area contributed by atoms with Gasteiger partial charge in [-0.1, -0.05) is 12.8 Å². The fraction of sp³-hybridized carbons (Fsp3) is 0.444. The molecule has 43 heavy (non-hydrogen) atoms. The fourth-order valence-electron chi connectivity index (χ4n) is 3.25. The van der Waals surface area contributed by atoms with Gasteiger partial charge in [-0.05, 0) is 12.8 Å². The Morgan fingerprint density at radius 1 is 0.721 bits per heavy atom. The smallest absolute Gasteiger partial charge is 0.369 e. The number of anilines is 2. The maximum Gasteiger partial charge on any atom is 2.00 e. The molecular weight excluding hydrogens is 810 g/mol. The molecule has 2 atom stereocenters. The Bertz CT molecular complexity index is 1410. The Morgan fingerprint density at radius 2 is 1.00 bits per heavy atom. The Morgan fingerprint density at radius 3 is 1.26 bits per heavy atom. The number of hydrogen-bond donors (Lipinski definition) is 6. The van der Waals surface area contributed by atoms with E-state index in [9.17, 15) is 9.59 Å². The van der Waals surface area contributed by atoms with E-state index in [0.717, 1.165) is 12.8 Å². The molecule has 1 fully saturated rings. The Balaban J connectivity index is 0.000000537. The predicted molar refractivity (Wildman–Crippen MR) is 122 cm³/mol. The molecule has 0 amide bonds. The van der Waals surface area contributed by atoms with Crippen molar-refractivity contribution in [2.45, 2.75) is 37.8 Å². The standard InChI is InChI=1S/2C6H7N5O.C6H14N2.2ClHO4.Pt/c2*1-11-2-8-3-4(11)9-6(7)10-5(3)12;7-5-3-1-2-4-6(5)8;2*2-1(3,4)5;/h2*2H,1H3,(H3,7,9,10,12);5-6H,1-4,7-8H2;2*(H,2,3,4,5);/q;;;;;+2/p-2. The number of aromatic amines is 2. The minimum Gasteiger partial charge on any atom is -0.369 e. The normalized spacial score (nSPS) is 16.2. The first kappa shape index (κ1) is 40.2. The minimum absolute atomic E-state index is 0. The number of aromatic nitrogens is 8. The number of imidazole rings is 2. The first-order valence-electron chi connectivity index (χ1n) is 11.3. The van der Waals surface area contributed by atoms with Crippen molar-refractivity contribution in [3.05, 3.63) is 33.4 Å². The van der Waals surface area contributed by atoms with Crippen molar-refractivity contribution in [2.24, 2.45) is 25.6 Å². The van der Waals surface area contributed by atoms with Gasteiger partial charge in [0.15, 0.2) is 22.3 Å². The van der Waals surface area contributed by atoms with Gasteiger partial charge < -0.3 is 32.1 Å². The predicted octanol–water partition coefficient (Wildman–Crippen LogP) is -10.8. The molecule has 244 valence electrons. The zero-order chi connectivity index (χ0) is 32.4. The van der Waals surface area contributed by atoms with Crippen molar-refractivity contribution in [1.82, 2.24) is 39.0 Å². The molecule has 0 saturated heterocycles. The summed E-state index contributed by atoms with van der Waals surface area (Å²) in [5.74, 6) is 0.215. The van der Waals surface area contributed by atoms with Crippen LogP contribution in [0.5, 0.6) is 0 Å². The molecule has 2 unspecified atom stereocenters. The van der Waals surface area contributed by atoms with Crippen LogP contribution in [-0.2, 0) is 35.2 Å². The fourth-order valence-corrected chi connectivity index (χ4v) is 3.25. The maximum absolute atomic E-state index is 11.2. The van der Waals surface area contributed by atoms with Crippen LogP contribution >= 0.6 is 0 Å². The Labute approximate surface area is 259 Å². The van der Waals surface area contributed by atoms with Crippen molar-refractivity contribution in [2.75, 3.05) is 11.5 Å². The van der Waals surface area contributed by atoms with Crippen molar-refractivity contribution < 1.29 is 78.8 Å². The van der Waals surface area contributed by atoms with Crippen molar-refractivity contribution in [1.29, 1.82) is 0 Å². The Hall–Kier alpha value is -2.83. The van der Waals surface area contributed by atoms with Gasteiger partial charge in [0, 0.05) is 26.2 Å². The van der Waals surface area contributed by atoms with Gasteiger partial charge in [-0.3, -0.25) is 19.6 Å². The van der Waals surface area contributed by atoms with Gasteiger partial charge >= 0.3 is 21.1 Å². The third-order valence-electron chi connectivity index (χ3n) is 5.05. The SMILES string of the molecule is Cn1cnc2c(=O)[nH]c(N)nc21.Cn1cnc2c(=O)[nH]c(N)nc21.NC1CCCCC1N.[O-][Cl+3]([O-])([O-])[O-].[O-][Cl+3]([O-])([O-])[O-].[Pt+2]. The van der Waals surface area contributed by atoms with Gasteiger partial charge in [0.2, 0.25) is 11.9 Å². The zero-order valence-electron chi connectivity index (χ0n) is 22.3. The quantitative estimate of drug-likeness (QED) is 0.0957. The van der Waals surface area contributed by atoms with Crippen LogP contribution in [-0.4, -0.2) is 51.1 Å². The van der Waals surface area contributed by atoms with Crippen molar-refractivity contribution >= 4 is 34.2 Å². The third kappa shape index (κ3) is 16.0. The van der Waals surface area contributed by atoms with E-state index in [0.29, 0.717) is 22.3 Å². The summed E-state index contributed by atoms with van der Waals surface area (Å²) < 4.78 is 71.2. The van der Waals surface area contributed by atoms with E-state index in [4.69, 9.17) is 60.2 Å². The van der Waals surface area contributed by atoms with E-state index < -0.39 is 20.5 Å². The molecule has 0 radical (unpaired) electrons. The number of hydrogen-bond acceptors (Lipinski definition) is 18. The van der Waals surface area contributed by atoms with Gasteiger partial charge in [0.25, 0.3) is 11.1 Å². The topological polar surface area (TPSA) is 416 Å². The van der Waals surface area contributed by atoms with Crippen LogP contribution in [0.4, 0.5) is 11.9 Å². The first-order valence-corrected chi connectivity index (χ1v) is 13.7. The summed E-state index contributed by atoms with van der Waals surface area (Å²) in [6.07, 6.45) is 7.84. The number of halogens is 2. The number of nitrogens with one attached hydrogen (secondary N) is 2. The van der Waals surface area contributed by atoms with Crippen LogP contribution in [0.3, 0.4) is 0 Å². The summed E-state index contributed by atoms with van der Waals surface area (Å²) in [5, 5.41) is 0. The molecule has 4 heterocycles. The van der Waals surface area contributed by atoms with E-state index in [1.165, 1.54) is 25.5 Å². The van der Waals surface area contributed by atoms with Gasteiger partial charge in [-0.2, -0.15) is 9.97 Å². The molecule has 10 N–H and O–H groups in total. The van der Waals surface area contributed by atoms with Crippen LogP contribution in [0.15, 0.2) is 22.2 Å². The molecule has 1 aliphatic rings. The average Bonchev–Trinajstić information content (AvgIpc) is 3.38. The number of nitrogens with zero attached hydrogens (tertiary/aromatic N) is 6. The Kier molecular flexibility index (Phi) is 16.3. The summed E-state index contributed by atoms with van der Waals surface area (Å²) in [6, 6.07) is 0.562. The molecular formula is C18H28Cl2N12O10Pt. The number of rotatable bonds is 0. The summed E-state index contributed by atoms with van der Waals surface area (Å²) in [6.45, 7) is 0. The molecule has 0 aliphatic heterocycles. The monoisotopic (exact) mass is 837 g/mol. The molecule has 1 saturated carbocycles. The van der Waals surface area contributed by atoms with Gasteiger partial charge in [0.1, 0.15) is 0 Å². The summed E-state index contributed by atoms with van der Waals surface area (Å²) in [7, 11) is -6.39. The van der Waals surface area contributed by atoms with Crippen LogP contribution in [0.1, 0.15) is 25.7 Å². The number of H-pyrrole nitrogens is 2. The van der Waals surface area contributed by atoms with Crippen LogP contribution < -0.4 is 71.3 Å². The second kappa shape index (κ2) is 17.5. The molecule has 22 nitrogen and oxygen atoms in total. The average molecular weight is 838 g/mol. The van der Waals surface area contributed by atoms with Crippen LogP contribution in [0, 0.1) is 20.5 Å². The van der Waals surface area contributed by atoms with Crippen LogP contribution in [0.2, 0.25) is 0 Å². The van der Waals surface area contributed by atoms with Crippen molar-refractivity contribution in [3.8, 4) is 0 Å². The molecule has 25 heteroatoms. The molecule has 5 rings (SSSR count). The van der Waals surface area contributed by atoms with Crippen LogP contribution in [0.25, 0.3) is 22.3 Å². The summed E-state index contributed by atoms with van der Waals surface area (Å²) in [4.78, 5) is 42.6. The maximum atomic E-state index is 11.2. The molecule has 0 spiro atoms.